The maximum atomic E-state index is 6.30. The van der Waals surface area contributed by atoms with E-state index in [9.17, 15) is 0 Å². The van der Waals surface area contributed by atoms with Crippen molar-refractivity contribution in [2.45, 2.75) is 60.0 Å². The Labute approximate surface area is 119 Å². The third-order valence-electron chi connectivity index (χ3n) is 3.12. The van der Waals surface area contributed by atoms with Crippen LogP contribution in [-0.2, 0) is 13.1 Å². The average molecular weight is 283 g/mol. The summed E-state index contributed by atoms with van der Waals surface area (Å²) in [4.78, 5) is 4.71. The maximum Gasteiger partial charge on any atom is 0.158 e. The van der Waals surface area contributed by atoms with Gasteiger partial charge in [-0.25, -0.2) is 9.67 Å². The molecule has 1 unspecified atom stereocenters. The first kappa shape index (κ1) is 14.4. The van der Waals surface area contributed by atoms with E-state index in [0.29, 0.717) is 0 Å². The van der Waals surface area contributed by atoms with Gasteiger partial charge in [0, 0.05) is 13.1 Å². The predicted octanol–water partition coefficient (Wildman–Crippen LogP) is 3.91. The molecular weight excluding hydrogens is 260 g/mol. The van der Waals surface area contributed by atoms with Crippen LogP contribution in [0.5, 0.6) is 0 Å². The monoisotopic (exact) mass is 282 g/mol. The Morgan fingerprint density at radius 1 is 1.32 bits per heavy atom. The highest BCUT2D eigenvalue weighted by molar-refractivity contribution is 6.20. The van der Waals surface area contributed by atoms with E-state index in [1.54, 1.807) is 0 Å². The van der Waals surface area contributed by atoms with Gasteiger partial charge >= 0.3 is 0 Å². The van der Waals surface area contributed by atoms with Crippen molar-refractivity contribution in [3.8, 4) is 0 Å². The van der Waals surface area contributed by atoms with E-state index in [2.05, 4.69) is 37.4 Å². The largest absolute Gasteiger partial charge is 0.311 e. The number of fused-ring (bicyclic) bond motifs is 1. The van der Waals surface area contributed by atoms with Gasteiger partial charge in [-0.3, -0.25) is 0 Å². The molecule has 19 heavy (non-hydrogen) atoms. The predicted molar refractivity (Wildman–Crippen MR) is 79.7 cm³/mol. The number of hydrogen-bond acceptors (Lipinski definition) is 2. The van der Waals surface area contributed by atoms with Gasteiger partial charge in [0.25, 0.3) is 0 Å². The van der Waals surface area contributed by atoms with Crippen LogP contribution >= 0.6 is 11.6 Å². The first-order valence-electron chi connectivity index (χ1n) is 6.82. The minimum Gasteiger partial charge on any atom is -0.311 e. The molecule has 0 radical (unpaired) electrons. The van der Waals surface area contributed by atoms with Gasteiger partial charge in [-0.2, -0.15) is 5.10 Å². The molecule has 0 saturated heterocycles. The molecular formula is C14H23ClN4. The second kappa shape index (κ2) is 4.82. The van der Waals surface area contributed by atoms with E-state index in [0.717, 1.165) is 35.8 Å². The molecule has 0 spiro atoms. The number of halogens is 1. The van der Waals surface area contributed by atoms with Crippen LogP contribution in [0.4, 0.5) is 0 Å². The smallest absolute Gasteiger partial charge is 0.158 e. The molecule has 4 nitrogen and oxygen atoms in total. The van der Waals surface area contributed by atoms with E-state index in [1.165, 1.54) is 0 Å². The summed E-state index contributed by atoms with van der Waals surface area (Å²) in [6.45, 7) is 14.5. The second-order valence-corrected chi connectivity index (χ2v) is 6.96. The number of aryl methyl sites for hydroxylation is 2. The molecule has 0 aliphatic heterocycles. The van der Waals surface area contributed by atoms with Crippen LogP contribution in [-0.4, -0.2) is 19.3 Å². The summed E-state index contributed by atoms with van der Waals surface area (Å²) in [7, 11) is 0. The van der Waals surface area contributed by atoms with Crippen LogP contribution in [0.15, 0.2) is 0 Å². The lowest BCUT2D eigenvalue weighted by Gasteiger charge is -2.22. The zero-order valence-electron chi connectivity index (χ0n) is 12.7. The average Bonchev–Trinajstić information content (AvgIpc) is 2.76. The third kappa shape index (κ3) is 2.64. The highest BCUT2D eigenvalue weighted by Gasteiger charge is 2.23. The summed E-state index contributed by atoms with van der Waals surface area (Å²) in [6.07, 6.45) is 0. The fraction of sp³-hybridized carbons (Fsp3) is 0.714. The number of rotatable bonds is 3. The molecule has 0 bridgehead atoms. The molecule has 2 rings (SSSR count). The Kier molecular flexibility index (Phi) is 3.65. The van der Waals surface area contributed by atoms with Crippen LogP contribution in [0.2, 0.25) is 0 Å². The molecule has 2 heterocycles. The lowest BCUT2D eigenvalue weighted by molar-refractivity contribution is 0.340. The Hall–Kier alpha value is -1.03. The maximum absolute atomic E-state index is 6.30. The molecule has 0 fully saturated rings. The number of alkyl halides is 1. The first-order chi connectivity index (χ1) is 8.74. The molecule has 0 saturated carbocycles. The van der Waals surface area contributed by atoms with Gasteiger partial charge in [-0.15, -0.1) is 11.6 Å². The highest BCUT2D eigenvalue weighted by atomic mass is 35.5. The SMILES string of the molecule is CCn1nc(C)c2nc(C(C)Cl)n(CC(C)(C)C)c21. The molecule has 0 amide bonds. The van der Waals surface area contributed by atoms with E-state index in [4.69, 9.17) is 16.6 Å². The number of nitrogens with zero attached hydrogens (tertiary/aromatic N) is 4. The summed E-state index contributed by atoms with van der Waals surface area (Å²) in [6, 6.07) is 0. The summed E-state index contributed by atoms with van der Waals surface area (Å²) >= 11 is 6.30. The molecule has 0 aromatic carbocycles. The number of imidazole rings is 1. The Bertz CT molecular complexity index is 587. The fourth-order valence-electron chi connectivity index (χ4n) is 2.40. The van der Waals surface area contributed by atoms with Crippen molar-refractivity contribution in [2.75, 3.05) is 0 Å². The topological polar surface area (TPSA) is 35.6 Å². The first-order valence-corrected chi connectivity index (χ1v) is 7.26. The van der Waals surface area contributed by atoms with Crippen LogP contribution in [0, 0.1) is 12.3 Å². The van der Waals surface area contributed by atoms with Crippen LogP contribution in [0.1, 0.15) is 51.5 Å². The quantitative estimate of drug-likeness (QED) is 0.800. The minimum absolute atomic E-state index is 0.0977. The number of hydrogen-bond donors (Lipinski definition) is 0. The van der Waals surface area contributed by atoms with Gasteiger partial charge in [0.1, 0.15) is 11.3 Å². The molecule has 0 aliphatic rings. The molecule has 0 aliphatic carbocycles. The highest BCUT2D eigenvalue weighted by Crippen LogP contribution is 2.29. The Morgan fingerprint density at radius 3 is 2.42 bits per heavy atom. The van der Waals surface area contributed by atoms with Crippen molar-refractivity contribution in [3.05, 3.63) is 11.5 Å². The van der Waals surface area contributed by atoms with Crippen molar-refractivity contribution < 1.29 is 0 Å². The van der Waals surface area contributed by atoms with Crippen molar-refractivity contribution >= 4 is 22.8 Å². The van der Waals surface area contributed by atoms with Gasteiger partial charge in [0.2, 0.25) is 0 Å². The van der Waals surface area contributed by atoms with Gasteiger partial charge in [0.05, 0.1) is 11.1 Å². The Balaban J connectivity index is 2.71. The lowest BCUT2D eigenvalue weighted by Crippen LogP contribution is -2.19. The molecule has 2 aromatic rings. The molecule has 1 atom stereocenters. The van der Waals surface area contributed by atoms with Gasteiger partial charge in [-0.05, 0) is 26.2 Å². The van der Waals surface area contributed by atoms with Crippen LogP contribution < -0.4 is 0 Å². The summed E-state index contributed by atoms with van der Waals surface area (Å²) in [5, 5.41) is 4.45. The van der Waals surface area contributed by atoms with E-state index >= 15 is 0 Å². The molecule has 106 valence electrons. The van der Waals surface area contributed by atoms with Crippen LogP contribution in [0.3, 0.4) is 0 Å². The van der Waals surface area contributed by atoms with Gasteiger partial charge in [0.15, 0.2) is 5.65 Å². The van der Waals surface area contributed by atoms with E-state index in [1.807, 2.05) is 18.5 Å². The van der Waals surface area contributed by atoms with Crippen LogP contribution in [0.25, 0.3) is 11.2 Å². The standard InChI is InChI=1S/C14H23ClN4/c1-7-19-13-11(10(3)17-19)16-12(9(2)15)18(13)8-14(4,5)6/h9H,7-8H2,1-6H3. The summed E-state index contributed by atoms with van der Waals surface area (Å²) in [5.74, 6) is 0.939. The Morgan fingerprint density at radius 2 is 1.95 bits per heavy atom. The third-order valence-corrected chi connectivity index (χ3v) is 3.31. The lowest BCUT2D eigenvalue weighted by atomic mass is 9.97. The van der Waals surface area contributed by atoms with Crippen molar-refractivity contribution in [1.29, 1.82) is 0 Å². The molecule has 2 aromatic heterocycles. The van der Waals surface area contributed by atoms with Gasteiger partial charge < -0.3 is 4.57 Å². The second-order valence-electron chi connectivity index (χ2n) is 6.31. The van der Waals surface area contributed by atoms with E-state index < -0.39 is 0 Å². The summed E-state index contributed by atoms with van der Waals surface area (Å²) < 4.78 is 4.25. The minimum atomic E-state index is -0.0977. The molecule has 5 heteroatoms. The van der Waals surface area contributed by atoms with Crippen molar-refractivity contribution in [3.63, 3.8) is 0 Å². The zero-order valence-corrected chi connectivity index (χ0v) is 13.4. The van der Waals surface area contributed by atoms with Crippen molar-refractivity contribution in [2.24, 2.45) is 5.41 Å². The normalized spacial score (nSPS) is 14.3. The molecule has 0 N–H and O–H groups in total. The fourth-order valence-corrected chi connectivity index (χ4v) is 2.56. The summed E-state index contributed by atoms with van der Waals surface area (Å²) in [5.41, 5.74) is 3.22. The number of aromatic nitrogens is 4. The van der Waals surface area contributed by atoms with Crippen molar-refractivity contribution in [1.82, 2.24) is 19.3 Å². The van der Waals surface area contributed by atoms with E-state index in [-0.39, 0.29) is 10.8 Å². The zero-order chi connectivity index (χ0) is 14.4. The van der Waals surface area contributed by atoms with Gasteiger partial charge in [-0.1, -0.05) is 20.8 Å².